The van der Waals surface area contributed by atoms with E-state index in [9.17, 15) is 4.79 Å². The number of hydrogen-bond donors (Lipinski definition) is 1. The number of benzene rings is 1. The molecular formula is C15H18N2O2. The van der Waals surface area contributed by atoms with E-state index in [0.717, 1.165) is 22.4 Å². The third kappa shape index (κ3) is 2.52. The van der Waals surface area contributed by atoms with Crippen LogP contribution in [0.5, 0.6) is 0 Å². The van der Waals surface area contributed by atoms with Crippen LogP contribution < -0.4 is 0 Å². The van der Waals surface area contributed by atoms with E-state index in [1.165, 1.54) is 11.1 Å². The van der Waals surface area contributed by atoms with E-state index in [0.29, 0.717) is 0 Å². The number of carboxylic acids is 1. The second kappa shape index (κ2) is 4.88. The summed E-state index contributed by atoms with van der Waals surface area (Å²) in [5.41, 5.74) is 6.29. The zero-order chi connectivity index (χ0) is 14.2. The van der Waals surface area contributed by atoms with Gasteiger partial charge in [0.1, 0.15) is 0 Å². The van der Waals surface area contributed by atoms with Crippen LogP contribution in [0.25, 0.3) is 11.1 Å². The molecule has 4 nitrogen and oxygen atoms in total. The van der Waals surface area contributed by atoms with Crippen LogP contribution in [-0.2, 0) is 18.3 Å². The molecule has 0 aliphatic carbocycles. The van der Waals surface area contributed by atoms with E-state index in [1.807, 2.05) is 6.92 Å². The highest BCUT2D eigenvalue weighted by molar-refractivity contribution is 5.77. The van der Waals surface area contributed by atoms with Crippen molar-refractivity contribution in [2.75, 3.05) is 0 Å². The Morgan fingerprint density at radius 2 is 1.79 bits per heavy atom. The number of aryl methyl sites for hydroxylation is 4. The van der Waals surface area contributed by atoms with Crippen molar-refractivity contribution in [2.24, 2.45) is 7.05 Å². The monoisotopic (exact) mass is 258 g/mol. The molecule has 0 fully saturated rings. The van der Waals surface area contributed by atoms with Gasteiger partial charge in [-0.3, -0.25) is 9.48 Å². The molecule has 2 aromatic rings. The molecule has 0 saturated heterocycles. The molecular weight excluding hydrogens is 240 g/mol. The van der Waals surface area contributed by atoms with E-state index in [1.54, 1.807) is 17.9 Å². The van der Waals surface area contributed by atoms with Crippen LogP contribution in [0.2, 0.25) is 0 Å². The Kier molecular flexibility index (Phi) is 3.42. The van der Waals surface area contributed by atoms with E-state index < -0.39 is 5.97 Å². The molecule has 4 heteroatoms. The number of carbonyl (C=O) groups is 1. The predicted octanol–water partition coefficient (Wildman–Crippen LogP) is 2.64. The topological polar surface area (TPSA) is 55.1 Å². The number of aromatic nitrogens is 2. The molecule has 0 aliphatic rings. The normalized spacial score (nSPS) is 10.7. The zero-order valence-corrected chi connectivity index (χ0v) is 11.7. The summed E-state index contributed by atoms with van der Waals surface area (Å²) in [7, 11) is 1.78. The molecule has 0 unspecified atom stereocenters. The molecule has 1 heterocycles. The first kappa shape index (κ1) is 13.3. The highest BCUT2D eigenvalue weighted by Gasteiger charge is 2.15. The van der Waals surface area contributed by atoms with Crippen LogP contribution in [0, 0.1) is 20.8 Å². The van der Waals surface area contributed by atoms with Crippen LogP contribution in [0.4, 0.5) is 0 Å². The summed E-state index contributed by atoms with van der Waals surface area (Å²) in [6.07, 6.45) is 1.73. The van der Waals surface area contributed by atoms with Crippen molar-refractivity contribution in [2.45, 2.75) is 27.2 Å². The third-order valence-corrected chi connectivity index (χ3v) is 3.51. The van der Waals surface area contributed by atoms with Crippen LogP contribution in [0.3, 0.4) is 0 Å². The van der Waals surface area contributed by atoms with Gasteiger partial charge in [-0.15, -0.1) is 0 Å². The first-order chi connectivity index (χ1) is 8.90. The average molecular weight is 258 g/mol. The Morgan fingerprint density at radius 3 is 2.42 bits per heavy atom. The lowest BCUT2D eigenvalue weighted by molar-refractivity contribution is -0.136. The van der Waals surface area contributed by atoms with Gasteiger partial charge in [0.2, 0.25) is 0 Å². The minimum absolute atomic E-state index is 0.0157. The van der Waals surface area contributed by atoms with E-state index in [-0.39, 0.29) is 6.42 Å². The molecule has 1 N–H and O–H groups in total. The van der Waals surface area contributed by atoms with Crippen LogP contribution in [0.15, 0.2) is 18.3 Å². The van der Waals surface area contributed by atoms with Crippen molar-refractivity contribution < 1.29 is 9.90 Å². The lowest BCUT2D eigenvalue weighted by atomic mass is 9.95. The summed E-state index contributed by atoms with van der Waals surface area (Å²) >= 11 is 0. The van der Waals surface area contributed by atoms with Gasteiger partial charge < -0.3 is 5.11 Å². The minimum atomic E-state index is -0.841. The van der Waals surface area contributed by atoms with Gasteiger partial charge in [0, 0.05) is 12.6 Å². The van der Waals surface area contributed by atoms with E-state index in [2.05, 4.69) is 31.1 Å². The van der Waals surface area contributed by atoms with E-state index >= 15 is 0 Å². The van der Waals surface area contributed by atoms with Crippen molar-refractivity contribution in [1.29, 1.82) is 0 Å². The fraction of sp³-hybridized carbons (Fsp3) is 0.333. The van der Waals surface area contributed by atoms with Crippen molar-refractivity contribution in [3.05, 3.63) is 40.7 Å². The maximum absolute atomic E-state index is 11.0. The maximum Gasteiger partial charge on any atom is 0.309 e. The smallest absolute Gasteiger partial charge is 0.309 e. The molecule has 100 valence electrons. The van der Waals surface area contributed by atoms with Gasteiger partial charge in [-0.1, -0.05) is 12.1 Å². The van der Waals surface area contributed by atoms with Crippen molar-refractivity contribution >= 4 is 5.97 Å². The molecule has 1 aromatic heterocycles. The minimum Gasteiger partial charge on any atom is -0.481 e. The Balaban J connectivity index is 2.59. The number of aliphatic carboxylic acids is 1. The van der Waals surface area contributed by atoms with Gasteiger partial charge in [0.15, 0.2) is 0 Å². The first-order valence-electron chi connectivity index (χ1n) is 6.21. The Morgan fingerprint density at radius 1 is 1.16 bits per heavy atom. The molecule has 0 saturated carbocycles. The van der Waals surface area contributed by atoms with Crippen molar-refractivity contribution in [1.82, 2.24) is 9.78 Å². The van der Waals surface area contributed by atoms with Gasteiger partial charge in [0.25, 0.3) is 0 Å². The number of nitrogens with zero attached hydrogens (tertiary/aromatic N) is 2. The van der Waals surface area contributed by atoms with Gasteiger partial charge >= 0.3 is 5.97 Å². The molecule has 2 rings (SSSR count). The summed E-state index contributed by atoms with van der Waals surface area (Å²) in [5.74, 6) is -0.841. The lowest BCUT2D eigenvalue weighted by Gasteiger charge is -2.10. The van der Waals surface area contributed by atoms with Crippen LogP contribution in [-0.4, -0.2) is 20.9 Å². The van der Waals surface area contributed by atoms with Crippen molar-refractivity contribution in [3.8, 4) is 11.1 Å². The second-order valence-corrected chi connectivity index (χ2v) is 4.95. The molecule has 1 aromatic carbocycles. The van der Waals surface area contributed by atoms with E-state index in [4.69, 9.17) is 5.11 Å². The predicted molar refractivity (Wildman–Crippen MR) is 74.2 cm³/mol. The molecule has 0 amide bonds. The van der Waals surface area contributed by atoms with Crippen LogP contribution >= 0.6 is 0 Å². The third-order valence-electron chi connectivity index (χ3n) is 3.51. The SMILES string of the molecule is Cc1cc(C)c(-c2cnn(C)c2CC(=O)O)cc1C. The van der Waals surface area contributed by atoms with Gasteiger partial charge in [-0.2, -0.15) is 5.10 Å². The summed E-state index contributed by atoms with van der Waals surface area (Å²) in [6.45, 7) is 6.18. The number of carboxylic acid groups (broad SMARTS) is 1. The van der Waals surface area contributed by atoms with Gasteiger partial charge in [-0.25, -0.2) is 0 Å². The standard InChI is InChI=1S/C15H18N2O2/c1-9-5-11(3)12(6-10(9)2)13-8-16-17(4)14(13)7-15(18)19/h5-6,8H,7H2,1-4H3,(H,18,19). The Labute approximate surface area is 112 Å². The Bertz CT molecular complexity index is 642. The number of rotatable bonds is 3. The molecule has 0 atom stereocenters. The highest BCUT2D eigenvalue weighted by Crippen LogP contribution is 2.29. The quantitative estimate of drug-likeness (QED) is 0.920. The summed E-state index contributed by atoms with van der Waals surface area (Å²) in [5, 5.41) is 13.2. The fourth-order valence-electron chi connectivity index (χ4n) is 2.29. The Hall–Kier alpha value is -2.10. The largest absolute Gasteiger partial charge is 0.481 e. The molecule has 0 spiro atoms. The maximum atomic E-state index is 11.0. The zero-order valence-electron chi connectivity index (χ0n) is 11.7. The van der Waals surface area contributed by atoms with Gasteiger partial charge in [-0.05, 0) is 43.0 Å². The fourth-order valence-corrected chi connectivity index (χ4v) is 2.29. The summed E-state index contributed by atoms with van der Waals surface area (Å²) < 4.78 is 1.64. The van der Waals surface area contributed by atoms with Gasteiger partial charge in [0.05, 0.1) is 18.3 Å². The number of hydrogen-bond acceptors (Lipinski definition) is 2. The second-order valence-electron chi connectivity index (χ2n) is 4.95. The molecule has 0 radical (unpaired) electrons. The molecule has 0 bridgehead atoms. The summed E-state index contributed by atoms with van der Waals surface area (Å²) in [4.78, 5) is 11.0. The lowest BCUT2D eigenvalue weighted by Crippen LogP contribution is -2.07. The highest BCUT2D eigenvalue weighted by atomic mass is 16.4. The van der Waals surface area contributed by atoms with Crippen LogP contribution in [0.1, 0.15) is 22.4 Å². The first-order valence-corrected chi connectivity index (χ1v) is 6.21. The molecule has 0 aliphatic heterocycles. The van der Waals surface area contributed by atoms with Crippen molar-refractivity contribution in [3.63, 3.8) is 0 Å². The summed E-state index contributed by atoms with van der Waals surface area (Å²) in [6, 6.07) is 4.23. The molecule has 19 heavy (non-hydrogen) atoms. The average Bonchev–Trinajstić information content (AvgIpc) is 2.65.